The van der Waals surface area contributed by atoms with Crippen molar-refractivity contribution in [1.82, 2.24) is 14.9 Å². The first-order valence-corrected chi connectivity index (χ1v) is 11.9. The molecule has 0 bridgehead atoms. The highest BCUT2D eigenvalue weighted by Crippen LogP contribution is 2.39. The van der Waals surface area contributed by atoms with Crippen LogP contribution in [0.4, 0.5) is 0 Å². The van der Waals surface area contributed by atoms with Crippen LogP contribution >= 0.6 is 23.1 Å². The molecule has 31 heavy (non-hydrogen) atoms. The lowest BCUT2D eigenvalue weighted by Crippen LogP contribution is -2.47. The summed E-state index contributed by atoms with van der Waals surface area (Å²) in [6, 6.07) is 12.0. The van der Waals surface area contributed by atoms with Crippen LogP contribution in [-0.2, 0) is 11.3 Å². The van der Waals surface area contributed by atoms with Gasteiger partial charge in [0.25, 0.3) is 5.56 Å². The van der Waals surface area contributed by atoms with Crippen molar-refractivity contribution in [3.8, 4) is 17.2 Å². The molecule has 1 atom stereocenters. The second-order valence-electron chi connectivity index (χ2n) is 7.72. The monoisotopic (exact) mass is 450 g/mol. The van der Waals surface area contributed by atoms with Gasteiger partial charge in [-0.2, -0.15) is 5.26 Å². The number of carbonyl (C=O) groups excluding carboxylic acids is 1. The average Bonchev–Trinajstić information content (AvgIpc) is 3.55. The van der Waals surface area contributed by atoms with Crippen LogP contribution in [0.5, 0.6) is 0 Å². The fourth-order valence-corrected chi connectivity index (χ4v) is 5.37. The van der Waals surface area contributed by atoms with E-state index in [-0.39, 0.29) is 23.1 Å². The van der Waals surface area contributed by atoms with Crippen molar-refractivity contribution in [3.63, 3.8) is 0 Å². The summed E-state index contributed by atoms with van der Waals surface area (Å²) in [6.07, 6.45) is 3.56. The Hall–Kier alpha value is -2.89. The fourth-order valence-electron chi connectivity index (χ4n) is 3.57. The quantitative estimate of drug-likeness (QED) is 0.316. The van der Waals surface area contributed by atoms with Crippen LogP contribution in [0.2, 0.25) is 0 Å². The minimum Gasteiger partial charge on any atom is -0.337 e. The first-order valence-electron chi connectivity index (χ1n) is 10.00. The molecule has 0 aliphatic heterocycles. The Labute approximate surface area is 188 Å². The van der Waals surface area contributed by atoms with Crippen LogP contribution in [0.15, 0.2) is 58.3 Å². The molecule has 6 nitrogen and oxygen atoms in total. The van der Waals surface area contributed by atoms with E-state index in [0.29, 0.717) is 21.9 Å². The van der Waals surface area contributed by atoms with E-state index in [9.17, 15) is 14.9 Å². The molecule has 0 radical (unpaired) electrons. The molecule has 1 fully saturated rings. The molecule has 2 aromatic heterocycles. The minimum atomic E-state index is -0.839. The lowest BCUT2D eigenvalue weighted by molar-refractivity contribution is -0.119. The van der Waals surface area contributed by atoms with Gasteiger partial charge in [0.1, 0.15) is 10.4 Å². The molecule has 3 aromatic rings. The van der Waals surface area contributed by atoms with Crippen molar-refractivity contribution in [2.24, 2.45) is 5.92 Å². The van der Waals surface area contributed by atoms with E-state index in [4.69, 9.17) is 0 Å². The molecular weight excluding hydrogens is 428 g/mol. The molecule has 1 saturated carbocycles. The Bertz CT molecular complexity index is 1240. The Morgan fingerprint density at radius 3 is 2.84 bits per heavy atom. The number of nitriles is 1. The van der Waals surface area contributed by atoms with Crippen molar-refractivity contribution >= 4 is 39.2 Å². The number of hydrogen-bond donors (Lipinski definition) is 1. The van der Waals surface area contributed by atoms with E-state index in [1.807, 2.05) is 35.7 Å². The number of nitrogens with one attached hydrogen (secondary N) is 1. The summed E-state index contributed by atoms with van der Waals surface area (Å²) >= 11 is 2.62. The maximum Gasteiger partial charge on any atom is 0.263 e. The van der Waals surface area contributed by atoms with Gasteiger partial charge in [-0.1, -0.05) is 48.2 Å². The summed E-state index contributed by atoms with van der Waals surface area (Å²) in [5.74, 6) is 0.0507. The van der Waals surface area contributed by atoms with Gasteiger partial charge in [0, 0.05) is 17.5 Å². The summed E-state index contributed by atoms with van der Waals surface area (Å²) in [5, 5.41) is 15.3. The van der Waals surface area contributed by atoms with Crippen molar-refractivity contribution < 1.29 is 4.79 Å². The Morgan fingerprint density at radius 2 is 2.19 bits per heavy atom. The van der Waals surface area contributed by atoms with Crippen LogP contribution in [0.3, 0.4) is 0 Å². The SMILES string of the molecule is C=CCn1c(SCC(=O)NC(C)(C#N)C2CC2)nc2scc(-c3ccccc3)c2c1=O. The fraction of sp³-hybridized carbons (Fsp3) is 0.304. The van der Waals surface area contributed by atoms with E-state index in [0.717, 1.165) is 24.0 Å². The summed E-state index contributed by atoms with van der Waals surface area (Å²) in [5.41, 5.74) is 0.842. The Balaban J connectivity index is 1.63. The molecule has 1 aliphatic carbocycles. The van der Waals surface area contributed by atoms with E-state index in [1.165, 1.54) is 23.1 Å². The number of carbonyl (C=O) groups is 1. The van der Waals surface area contributed by atoms with Gasteiger partial charge in [0.2, 0.25) is 5.91 Å². The predicted octanol–water partition coefficient (Wildman–Crippen LogP) is 4.21. The molecule has 1 unspecified atom stereocenters. The van der Waals surface area contributed by atoms with E-state index in [2.05, 4.69) is 22.9 Å². The van der Waals surface area contributed by atoms with Crippen LogP contribution in [0, 0.1) is 17.2 Å². The average molecular weight is 451 g/mol. The third-order valence-corrected chi connectivity index (χ3v) is 7.26. The second kappa shape index (κ2) is 8.69. The summed E-state index contributed by atoms with van der Waals surface area (Å²) in [6.45, 7) is 5.82. The van der Waals surface area contributed by atoms with Gasteiger partial charge in [0.05, 0.1) is 17.2 Å². The molecule has 2 heterocycles. The molecule has 8 heteroatoms. The van der Waals surface area contributed by atoms with Crippen molar-refractivity contribution in [2.75, 3.05) is 5.75 Å². The standard InChI is InChI=1S/C23H22N4O2S2/c1-3-11-27-21(29)19-17(15-7-5-4-6-8-15)12-30-20(19)25-22(27)31-13-18(28)26-23(2,14-24)16-9-10-16/h3-8,12,16H,1,9-11,13H2,2H3,(H,26,28). The van der Waals surface area contributed by atoms with E-state index in [1.54, 1.807) is 17.6 Å². The lowest BCUT2D eigenvalue weighted by Gasteiger charge is -2.22. The maximum atomic E-state index is 13.3. The van der Waals surface area contributed by atoms with Gasteiger partial charge < -0.3 is 5.32 Å². The summed E-state index contributed by atoms with van der Waals surface area (Å²) in [7, 11) is 0. The number of fused-ring (bicyclic) bond motifs is 1. The Morgan fingerprint density at radius 1 is 1.45 bits per heavy atom. The number of aromatic nitrogens is 2. The zero-order chi connectivity index (χ0) is 22.0. The van der Waals surface area contributed by atoms with Gasteiger partial charge in [-0.05, 0) is 31.2 Å². The third-order valence-electron chi connectivity index (χ3n) is 5.41. The maximum absolute atomic E-state index is 13.3. The smallest absolute Gasteiger partial charge is 0.263 e. The number of nitrogens with zero attached hydrogens (tertiary/aromatic N) is 3. The molecule has 4 rings (SSSR count). The van der Waals surface area contributed by atoms with Crippen molar-refractivity contribution in [1.29, 1.82) is 5.26 Å². The van der Waals surface area contributed by atoms with Gasteiger partial charge in [-0.25, -0.2) is 4.98 Å². The van der Waals surface area contributed by atoms with Gasteiger partial charge in [0.15, 0.2) is 5.16 Å². The van der Waals surface area contributed by atoms with Crippen molar-refractivity contribution in [2.45, 2.75) is 37.0 Å². The molecule has 0 saturated heterocycles. The first-order chi connectivity index (χ1) is 15.0. The van der Waals surface area contributed by atoms with Gasteiger partial charge in [-0.3, -0.25) is 14.2 Å². The molecular formula is C23H22N4O2S2. The van der Waals surface area contributed by atoms with Crippen LogP contribution in [0.25, 0.3) is 21.3 Å². The molecule has 158 valence electrons. The number of allylic oxidation sites excluding steroid dienone is 1. The molecule has 1 aromatic carbocycles. The number of rotatable bonds is 8. The molecule has 1 N–H and O–H groups in total. The second-order valence-corrected chi connectivity index (χ2v) is 9.52. The zero-order valence-electron chi connectivity index (χ0n) is 17.1. The third kappa shape index (κ3) is 4.29. The zero-order valence-corrected chi connectivity index (χ0v) is 18.8. The first kappa shape index (κ1) is 21.3. The van der Waals surface area contributed by atoms with Crippen molar-refractivity contribution in [3.05, 3.63) is 58.7 Å². The van der Waals surface area contributed by atoms with Crippen LogP contribution < -0.4 is 10.9 Å². The number of thioether (sulfide) groups is 1. The highest BCUT2D eigenvalue weighted by Gasteiger charge is 2.43. The molecule has 1 amide bonds. The largest absolute Gasteiger partial charge is 0.337 e. The van der Waals surface area contributed by atoms with Crippen LogP contribution in [0.1, 0.15) is 19.8 Å². The summed E-state index contributed by atoms with van der Waals surface area (Å²) < 4.78 is 1.55. The van der Waals surface area contributed by atoms with E-state index < -0.39 is 5.54 Å². The van der Waals surface area contributed by atoms with Crippen LogP contribution in [-0.4, -0.2) is 26.8 Å². The number of amides is 1. The number of benzene rings is 1. The minimum absolute atomic E-state index is 0.0794. The highest BCUT2D eigenvalue weighted by molar-refractivity contribution is 7.99. The lowest BCUT2D eigenvalue weighted by atomic mass is 9.98. The number of thiophene rings is 1. The van der Waals surface area contributed by atoms with Gasteiger partial charge in [-0.15, -0.1) is 17.9 Å². The normalized spacial score (nSPS) is 15.2. The topological polar surface area (TPSA) is 87.8 Å². The molecule has 0 spiro atoms. The molecule has 1 aliphatic rings. The highest BCUT2D eigenvalue weighted by atomic mass is 32.2. The number of hydrogen-bond acceptors (Lipinski definition) is 6. The summed E-state index contributed by atoms with van der Waals surface area (Å²) in [4.78, 5) is 31.2. The van der Waals surface area contributed by atoms with Gasteiger partial charge >= 0.3 is 0 Å². The predicted molar refractivity (Wildman–Crippen MR) is 125 cm³/mol. The Kier molecular flexibility index (Phi) is 5.99. The van der Waals surface area contributed by atoms with E-state index >= 15 is 0 Å².